The van der Waals surface area contributed by atoms with Gasteiger partial charge in [0.2, 0.25) is 0 Å². The third-order valence-electron chi connectivity index (χ3n) is 2.74. The topological polar surface area (TPSA) is 78.4 Å². The van der Waals surface area contributed by atoms with E-state index in [2.05, 4.69) is 10.6 Å². The number of rotatable bonds is 5. The highest BCUT2D eigenvalue weighted by atomic mass is 127. The Hall–Kier alpha value is -1.61. The number of hydrogen-bond acceptors (Lipinski definition) is 3. The highest BCUT2D eigenvalue weighted by Crippen LogP contribution is 2.18. The van der Waals surface area contributed by atoms with Crippen molar-refractivity contribution in [2.24, 2.45) is 0 Å². The van der Waals surface area contributed by atoms with Gasteiger partial charge < -0.3 is 15.7 Å². The van der Waals surface area contributed by atoms with Crippen molar-refractivity contribution >= 4 is 51.6 Å². The predicted molar refractivity (Wildman–Crippen MR) is 91.2 cm³/mol. The standard InChI is InChI=1S/C14H13IN2O3S/c15-10-1-2-12(11(7-10)13(18)19)17-14(20)16-5-3-9-4-6-21-8-9/h1-2,4,6-8H,3,5H2,(H,18,19)(H2,16,17,20). The molecular weight excluding hydrogens is 403 g/mol. The lowest BCUT2D eigenvalue weighted by atomic mass is 10.2. The minimum Gasteiger partial charge on any atom is -0.478 e. The Morgan fingerprint density at radius 3 is 2.76 bits per heavy atom. The van der Waals surface area contributed by atoms with Gasteiger partial charge in [-0.05, 0) is 69.6 Å². The summed E-state index contributed by atoms with van der Waals surface area (Å²) in [6, 6.07) is 6.45. The van der Waals surface area contributed by atoms with Crippen molar-refractivity contribution in [3.63, 3.8) is 0 Å². The van der Waals surface area contributed by atoms with Crippen molar-refractivity contribution in [3.8, 4) is 0 Å². The van der Waals surface area contributed by atoms with Gasteiger partial charge in [-0.2, -0.15) is 11.3 Å². The van der Waals surface area contributed by atoms with E-state index in [-0.39, 0.29) is 11.3 Å². The summed E-state index contributed by atoms with van der Waals surface area (Å²) in [5.74, 6) is -1.07. The molecule has 0 unspecified atom stereocenters. The highest BCUT2D eigenvalue weighted by molar-refractivity contribution is 14.1. The first-order chi connectivity index (χ1) is 10.1. The Kier molecular flexibility index (Phi) is 5.57. The molecule has 110 valence electrons. The number of urea groups is 1. The number of nitrogens with one attached hydrogen (secondary N) is 2. The van der Waals surface area contributed by atoms with Crippen molar-refractivity contribution in [2.75, 3.05) is 11.9 Å². The molecule has 0 saturated heterocycles. The van der Waals surface area contributed by atoms with Gasteiger partial charge in [0, 0.05) is 10.1 Å². The number of carboxylic acid groups (broad SMARTS) is 1. The molecule has 21 heavy (non-hydrogen) atoms. The zero-order valence-electron chi connectivity index (χ0n) is 10.9. The van der Waals surface area contributed by atoms with Gasteiger partial charge in [0.1, 0.15) is 0 Å². The number of aromatic carboxylic acids is 1. The Labute approximate surface area is 139 Å². The molecule has 2 aromatic rings. The molecule has 0 bridgehead atoms. The Bertz CT molecular complexity index is 644. The van der Waals surface area contributed by atoms with E-state index in [1.165, 1.54) is 11.6 Å². The van der Waals surface area contributed by atoms with Crippen LogP contribution in [0.2, 0.25) is 0 Å². The van der Waals surface area contributed by atoms with E-state index in [1.807, 2.05) is 39.4 Å². The molecule has 0 spiro atoms. The fourth-order valence-corrected chi connectivity index (χ4v) is 2.92. The number of benzene rings is 1. The van der Waals surface area contributed by atoms with Gasteiger partial charge in [0.15, 0.2) is 0 Å². The van der Waals surface area contributed by atoms with Gasteiger partial charge in [-0.15, -0.1) is 0 Å². The molecule has 1 heterocycles. The van der Waals surface area contributed by atoms with Gasteiger partial charge in [-0.25, -0.2) is 9.59 Å². The lowest BCUT2D eigenvalue weighted by Gasteiger charge is -2.10. The summed E-state index contributed by atoms with van der Waals surface area (Å²) in [5.41, 5.74) is 1.53. The molecule has 0 atom stereocenters. The van der Waals surface area contributed by atoms with E-state index in [9.17, 15) is 9.59 Å². The zero-order valence-corrected chi connectivity index (χ0v) is 13.9. The van der Waals surface area contributed by atoms with Crippen LogP contribution in [0.5, 0.6) is 0 Å². The number of halogens is 1. The summed E-state index contributed by atoms with van der Waals surface area (Å²) in [5, 5.41) is 18.4. The molecule has 5 nitrogen and oxygen atoms in total. The monoisotopic (exact) mass is 416 g/mol. The van der Waals surface area contributed by atoms with Crippen molar-refractivity contribution in [3.05, 3.63) is 49.7 Å². The molecule has 0 aliphatic heterocycles. The average molecular weight is 416 g/mol. The molecule has 1 aromatic carbocycles. The third kappa shape index (κ3) is 4.71. The van der Waals surface area contributed by atoms with Crippen molar-refractivity contribution < 1.29 is 14.7 Å². The van der Waals surface area contributed by atoms with Crippen LogP contribution in [0, 0.1) is 3.57 Å². The molecule has 1 aromatic heterocycles. The fourth-order valence-electron chi connectivity index (χ4n) is 1.72. The molecule has 7 heteroatoms. The largest absolute Gasteiger partial charge is 0.478 e. The summed E-state index contributed by atoms with van der Waals surface area (Å²) in [6.07, 6.45) is 0.745. The summed E-state index contributed by atoms with van der Waals surface area (Å²) in [4.78, 5) is 22.9. The van der Waals surface area contributed by atoms with E-state index in [1.54, 1.807) is 23.5 Å². The second kappa shape index (κ2) is 7.41. The predicted octanol–water partition coefficient (Wildman–Crippen LogP) is 3.42. The van der Waals surface area contributed by atoms with Crippen LogP contribution in [0.4, 0.5) is 10.5 Å². The Balaban J connectivity index is 1.92. The van der Waals surface area contributed by atoms with Crippen molar-refractivity contribution in [1.29, 1.82) is 0 Å². The van der Waals surface area contributed by atoms with Gasteiger partial charge in [-0.1, -0.05) is 0 Å². The van der Waals surface area contributed by atoms with Crippen LogP contribution < -0.4 is 10.6 Å². The normalized spacial score (nSPS) is 10.1. The maximum Gasteiger partial charge on any atom is 0.337 e. The third-order valence-corrected chi connectivity index (χ3v) is 4.14. The first-order valence-electron chi connectivity index (χ1n) is 6.15. The quantitative estimate of drug-likeness (QED) is 0.654. The lowest BCUT2D eigenvalue weighted by molar-refractivity contribution is 0.0698. The maximum atomic E-state index is 11.8. The number of carbonyl (C=O) groups is 2. The van der Waals surface area contributed by atoms with Crippen molar-refractivity contribution in [1.82, 2.24) is 5.32 Å². The Morgan fingerprint density at radius 1 is 1.29 bits per heavy atom. The minimum atomic E-state index is -1.07. The number of anilines is 1. The van der Waals surface area contributed by atoms with E-state index in [4.69, 9.17) is 5.11 Å². The smallest absolute Gasteiger partial charge is 0.337 e. The van der Waals surface area contributed by atoms with Crippen LogP contribution in [0.3, 0.4) is 0 Å². The summed E-state index contributed by atoms with van der Waals surface area (Å²) >= 11 is 3.64. The second-order valence-electron chi connectivity index (χ2n) is 4.26. The maximum absolute atomic E-state index is 11.8. The van der Waals surface area contributed by atoms with Gasteiger partial charge in [0.05, 0.1) is 11.3 Å². The molecule has 0 radical (unpaired) electrons. The van der Waals surface area contributed by atoms with Gasteiger partial charge in [-0.3, -0.25) is 0 Å². The van der Waals surface area contributed by atoms with Crippen LogP contribution >= 0.6 is 33.9 Å². The molecule has 0 saturated carbocycles. The SMILES string of the molecule is O=C(NCCc1ccsc1)Nc1ccc(I)cc1C(=O)O. The molecule has 0 aliphatic carbocycles. The first-order valence-corrected chi connectivity index (χ1v) is 8.17. The second-order valence-corrected chi connectivity index (χ2v) is 6.28. The molecule has 0 fully saturated rings. The molecule has 2 amide bonds. The molecule has 2 rings (SSSR count). The van der Waals surface area contributed by atoms with E-state index in [0.29, 0.717) is 6.54 Å². The lowest BCUT2D eigenvalue weighted by Crippen LogP contribution is -2.31. The summed E-state index contributed by atoms with van der Waals surface area (Å²) in [6.45, 7) is 0.495. The number of thiophene rings is 1. The number of hydrogen-bond donors (Lipinski definition) is 3. The van der Waals surface area contributed by atoms with Crippen LogP contribution in [-0.2, 0) is 6.42 Å². The van der Waals surface area contributed by atoms with E-state index < -0.39 is 12.0 Å². The van der Waals surface area contributed by atoms with Crippen molar-refractivity contribution in [2.45, 2.75) is 6.42 Å². The molecule has 3 N–H and O–H groups in total. The Morgan fingerprint density at radius 2 is 2.10 bits per heavy atom. The summed E-state index contributed by atoms with van der Waals surface area (Å²) < 4.78 is 0.799. The van der Waals surface area contributed by atoms with Crippen LogP contribution in [0.15, 0.2) is 35.0 Å². The van der Waals surface area contributed by atoms with Crippen LogP contribution in [0.1, 0.15) is 15.9 Å². The first kappa shape index (κ1) is 15.8. The zero-order chi connectivity index (χ0) is 15.2. The van der Waals surface area contributed by atoms with Gasteiger partial charge >= 0.3 is 12.0 Å². The van der Waals surface area contributed by atoms with E-state index >= 15 is 0 Å². The highest BCUT2D eigenvalue weighted by Gasteiger charge is 2.12. The fraction of sp³-hybridized carbons (Fsp3) is 0.143. The van der Waals surface area contributed by atoms with Crippen LogP contribution in [-0.4, -0.2) is 23.7 Å². The molecular formula is C14H13IN2O3S. The van der Waals surface area contributed by atoms with Crippen LogP contribution in [0.25, 0.3) is 0 Å². The van der Waals surface area contributed by atoms with Gasteiger partial charge in [0.25, 0.3) is 0 Å². The summed E-state index contributed by atoms with van der Waals surface area (Å²) in [7, 11) is 0. The average Bonchev–Trinajstić information content (AvgIpc) is 2.94. The number of amides is 2. The molecule has 0 aliphatic rings. The number of carbonyl (C=O) groups excluding carboxylic acids is 1. The minimum absolute atomic E-state index is 0.0786. The van der Waals surface area contributed by atoms with E-state index in [0.717, 1.165) is 9.99 Å². The number of carboxylic acids is 1.